The number of nitrogens with one attached hydrogen (secondary N) is 1. The van der Waals surface area contributed by atoms with Crippen LogP contribution in [0.15, 0.2) is 48.5 Å². The maximum absolute atomic E-state index is 12.8. The maximum Gasteiger partial charge on any atom is 0.339 e. The monoisotopic (exact) mass is 398 g/mol. The van der Waals surface area contributed by atoms with Crippen molar-refractivity contribution in [3.8, 4) is 0 Å². The Morgan fingerprint density at radius 3 is 2.21 bits per heavy atom. The van der Waals surface area contributed by atoms with E-state index in [2.05, 4.69) is 5.32 Å². The van der Waals surface area contributed by atoms with E-state index in [1.807, 2.05) is 0 Å². The lowest BCUT2D eigenvalue weighted by Crippen LogP contribution is -2.44. The quantitative estimate of drug-likeness (QED) is 0.344. The SMILES string of the molecule is CC(=O)c1ccccc1C(=O)OC(C(=O)NC(C)(C)C)c1cccc([N+](=O)[O-])c1. The number of carbonyl (C=O) groups is 3. The third-order valence-corrected chi connectivity index (χ3v) is 3.87. The normalized spacial score (nSPS) is 12.0. The summed E-state index contributed by atoms with van der Waals surface area (Å²) in [6.45, 7) is 6.57. The second-order valence-corrected chi connectivity index (χ2v) is 7.48. The Morgan fingerprint density at radius 2 is 1.66 bits per heavy atom. The first-order valence-corrected chi connectivity index (χ1v) is 8.87. The molecule has 1 amide bonds. The smallest absolute Gasteiger partial charge is 0.339 e. The van der Waals surface area contributed by atoms with Gasteiger partial charge in [-0.05, 0) is 33.8 Å². The first-order valence-electron chi connectivity index (χ1n) is 8.87. The topological polar surface area (TPSA) is 116 Å². The average molecular weight is 398 g/mol. The summed E-state index contributed by atoms with van der Waals surface area (Å²) >= 11 is 0. The van der Waals surface area contributed by atoms with Crippen molar-refractivity contribution in [2.24, 2.45) is 0 Å². The molecule has 0 aliphatic heterocycles. The van der Waals surface area contributed by atoms with Crippen LogP contribution in [-0.2, 0) is 9.53 Å². The average Bonchev–Trinajstić information content (AvgIpc) is 2.64. The number of ketones is 1. The van der Waals surface area contributed by atoms with Crippen LogP contribution in [0, 0.1) is 10.1 Å². The molecule has 0 aliphatic rings. The first kappa shape index (κ1) is 21.7. The number of amides is 1. The third kappa shape index (κ3) is 5.71. The van der Waals surface area contributed by atoms with Crippen molar-refractivity contribution >= 4 is 23.3 Å². The fourth-order valence-corrected chi connectivity index (χ4v) is 2.65. The summed E-state index contributed by atoms with van der Waals surface area (Å²) in [4.78, 5) is 47.9. The lowest BCUT2D eigenvalue weighted by atomic mass is 10.0. The van der Waals surface area contributed by atoms with Gasteiger partial charge >= 0.3 is 5.97 Å². The predicted octanol–water partition coefficient (Wildman–Crippen LogP) is 3.61. The van der Waals surface area contributed by atoms with E-state index in [0.29, 0.717) is 0 Å². The number of nitro benzene ring substituents is 1. The second kappa shape index (κ2) is 8.64. The van der Waals surface area contributed by atoms with E-state index in [-0.39, 0.29) is 28.2 Å². The summed E-state index contributed by atoms with van der Waals surface area (Å²) in [6, 6.07) is 11.4. The van der Waals surface area contributed by atoms with Gasteiger partial charge in [0.05, 0.1) is 10.5 Å². The summed E-state index contributed by atoms with van der Waals surface area (Å²) in [5, 5.41) is 13.8. The molecule has 0 aromatic heterocycles. The van der Waals surface area contributed by atoms with Crippen LogP contribution in [0.25, 0.3) is 0 Å². The fourth-order valence-electron chi connectivity index (χ4n) is 2.65. The molecule has 8 heteroatoms. The van der Waals surface area contributed by atoms with Crippen molar-refractivity contribution in [1.82, 2.24) is 5.32 Å². The first-order chi connectivity index (χ1) is 13.5. The fraction of sp³-hybridized carbons (Fsp3) is 0.286. The van der Waals surface area contributed by atoms with Crippen molar-refractivity contribution in [3.63, 3.8) is 0 Å². The van der Waals surface area contributed by atoms with Crippen LogP contribution >= 0.6 is 0 Å². The van der Waals surface area contributed by atoms with Gasteiger partial charge in [-0.2, -0.15) is 0 Å². The lowest BCUT2D eigenvalue weighted by molar-refractivity contribution is -0.385. The van der Waals surface area contributed by atoms with Crippen LogP contribution in [0.4, 0.5) is 5.69 Å². The number of esters is 1. The highest BCUT2D eigenvalue weighted by atomic mass is 16.6. The Hall–Kier alpha value is -3.55. The van der Waals surface area contributed by atoms with E-state index in [9.17, 15) is 24.5 Å². The van der Waals surface area contributed by atoms with E-state index in [1.165, 1.54) is 43.3 Å². The summed E-state index contributed by atoms with van der Waals surface area (Å²) in [5.41, 5.74) is -0.545. The Bertz CT molecular complexity index is 962. The molecule has 1 N–H and O–H groups in total. The molecule has 152 valence electrons. The zero-order valence-electron chi connectivity index (χ0n) is 16.6. The van der Waals surface area contributed by atoms with Gasteiger partial charge in [-0.25, -0.2) is 4.79 Å². The van der Waals surface area contributed by atoms with Gasteiger partial charge in [0.2, 0.25) is 6.10 Å². The Balaban J connectivity index is 2.44. The van der Waals surface area contributed by atoms with Crippen molar-refractivity contribution in [1.29, 1.82) is 0 Å². The van der Waals surface area contributed by atoms with Crippen molar-refractivity contribution in [3.05, 3.63) is 75.3 Å². The van der Waals surface area contributed by atoms with E-state index in [0.717, 1.165) is 0 Å². The van der Waals surface area contributed by atoms with Crippen LogP contribution in [0.1, 0.15) is 60.1 Å². The molecule has 8 nitrogen and oxygen atoms in total. The van der Waals surface area contributed by atoms with Gasteiger partial charge in [0, 0.05) is 28.8 Å². The zero-order chi connectivity index (χ0) is 21.8. The number of hydrogen-bond acceptors (Lipinski definition) is 6. The van der Waals surface area contributed by atoms with E-state index >= 15 is 0 Å². The molecule has 0 saturated carbocycles. The number of Topliss-reactive ketones (excluding diaryl/α,β-unsaturated/α-hetero) is 1. The second-order valence-electron chi connectivity index (χ2n) is 7.48. The molecule has 0 fully saturated rings. The van der Waals surface area contributed by atoms with Gasteiger partial charge in [0.15, 0.2) is 5.78 Å². The number of nitro groups is 1. The van der Waals surface area contributed by atoms with Gasteiger partial charge < -0.3 is 10.1 Å². The maximum atomic E-state index is 12.8. The van der Waals surface area contributed by atoms with Crippen LogP contribution in [0.3, 0.4) is 0 Å². The van der Waals surface area contributed by atoms with E-state index < -0.39 is 28.4 Å². The molecular formula is C21H22N2O6. The number of ether oxygens (including phenoxy) is 1. The molecular weight excluding hydrogens is 376 g/mol. The zero-order valence-corrected chi connectivity index (χ0v) is 16.6. The van der Waals surface area contributed by atoms with Crippen LogP contribution in [-0.4, -0.2) is 28.1 Å². The minimum atomic E-state index is -1.43. The van der Waals surface area contributed by atoms with Gasteiger partial charge in [-0.15, -0.1) is 0 Å². The number of non-ortho nitro benzene ring substituents is 1. The Kier molecular flexibility index (Phi) is 6.48. The molecule has 1 atom stereocenters. The highest BCUT2D eigenvalue weighted by Gasteiger charge is 2.30. The van der Waals surface area contributed by atoms with Crippen LogP contribution in [0.5, 0.6) is 0 Å². The molecule has 1 unspecified atom stereocenters. The molecule has 0 saturated heterocycles. The molecule has 2 rings (SSSR count). The van der Waals surface area contributed by atoms with Gasteiger partial charge in [-0.3, -0.25) is 19.7 Å². The highest BCUT2D eigenvalue weighted by Crippen LogP contribution is 2.25. The van der Waals surface area contributed by atoms with Crippen LogP contribution in [0.2, 0.25) is 0 Å². The Morgan fingerprint density at radius 1 is 1.03 bits per heavy atom. The van der Waals surface area contributed by atoms with Gasteiger partial charge in [0.1, 0.15) is 0 Å². The lowest BCUT2D eigenvalue weighted by Gasteiger charge is -2.25. The summed E-state index contributed by atoms with van der Waals surface area (Å²) in [7, 11) is 0. The Labute approximate surface area is 168 Å². The van der Waals surface area contributed by atoms with Crippen LogP contribution < -0.4 is 5.32 Å². The highest BCUT2D eigenvalue weighted by molar-refractivity contribution is 6.05. The van der Waals surface area contributed by atoms with Gasteiger partial charge in [-0.1, -0.05) is 30.3 Å². The third-order valence-electron chi connectivity index (χ3n) is 3.87. The standard InChI is InChI=1S/C21H22N2O6/c1-13(24)16-10-5-6-11-17(16)20(26)29-18(19(25)22-21(2,3)4)14-8-7-9-15(12-14)23(27)28/h5-12,18H,1-4H3,(H,22,25). The summed E-state index contributed by atoms with van der Waals surface area (Å²) < 4.78 is 5.43. The molecule has 2 aromatic rings. The molecule has 0 bridgehead atoms. The van der Waals surface area contributed by atoms with Crippen molar-refractivity contribution in [2.45, 2.75) is 39.3 Å². The number of hydrogen-bond donors (Lipinski definition) is 1. The molecule has 2 aromatic carbocycles. The molecule has 0 heterocycles. The molecule has 0 spiro atoms. The number of carbonyl (C=O) groups excluding carboxylic acids is 3. The summed E-state index contributed by atoms with van der Waals surface area (Å²) in [5.74, 6) is -1.84. The minimum absolute atomic E-state index is 0.0130. The largest absolute Gasteiger partial charge is 0.444 e. The minimum Gasteiger partial charge on any atom is -0.444 e. The van der Waals surface area contributed by atoms with Gasteiger partial charge in [0.25, 0.3) is 11.6 Å². The van der Waals surface area contributed by atoms with E-state index in [4.69, 9.17) is 4.74 Å². The van der Waals surface area contributed by atoms with Crippen molar-refractivity contribution < 1.29 is 24.0 Å². The van der Waals surface area contributed by atoms with Crippen molar-refractivity contribution in [2.75, 3.05) is 0 Å². The summed E-state index contributed by atoms with van der Waals surface area (Å²) in [6.07, 6.45) is -1.43. The van der Waals surface area contributed by atoms with E-state index in [1.54, 1.807) is 32.9 Å². The molecule has 0 radical (unpaired) electrons. The predicted molar refractivity (Wildman–Crippen MR) is 106 cm³/mol. The molecule has 0 aliphatic carbocycles. The number of nitrogens with zero attached hydrogens (tertiary/aromatic N) is 1. The molecule has 29 heavy (non-hydrogen) atoms. The number of rotatable bonds is 6. The number of benzene rings is 2.